The van der Waals surface area contributed by atoms with Crippen LogP contribution < -0.4 is 10.1 Å². The summed E-state index contributed by atoms with van der Waals surface area (Å²) in [6.45, 7) is 0.774. The number of ether oxygens (including phenoxy) is 1. The van der Waals surface area contributed by atoms with Crippen molar-refractivity contribution in [3.05, 3.63) is 29.8 Å². The Bertz CT molecular complexity index is 321. The molecular weight excluding hydrogens is 178 g/mol. The second-order valence-corrected chi connectivity index (χ2v) is 2.88. The first kappa shape index (κ1) is 10.6. The van der Waals surface area contributed by atoms with Crippen LogP contribution in [0.3, 0.4) is 0 Å². The first-order chi connectivity index (χ1) is 6.77. The number of rotatable bonds is 4. The van der Waals surface area contributed by atoms with Gasteiger partial charge in [-0.25, -0.2) is 0 Å². The molecular formula is C11H15NO2. The van der Waals surface area contributed by atoms with Gasteiger partial charge in [0.05, 0.1) is 7.11 Å². The van der Waals surface area contributed by atoms with E-state index in [2.05, 4.69) is 5.32 Å². The molecule has 0 atom stereocenters. The first-order valence-electron chi connectivity index (χ1n) is 4.46. The Balaban J connectivity index is 2.83. The lowest BCUT2D eigenvalue weighted by Crippen LogP contribution is -2.03. The Morgan fingerprint density at radius 3 is 2.93 bits per heavy atom. The van der Waals surface area contributed by atoms with Gasteiger partial charge in [0.2, 0.25) is 0 Å². The molecule has 14 heavy (non-hydrogen) atoms. The number of aromatic hydroxyl groups is 1. The third kappa shape index (κ3) is 2.78. The van der Waals surface area contributed by atoms with Crippen molar-refractivity contribution in [3.63, 3.8) is 0 Å². The zero-order valence-corrected chi connectivity index (χ0v) is 8.45. The molecule has 2 N–H and O–H groups in total. The van der Waals surface area contributed by atoms with Gasteiger partial charge in [-0.2, -0.15) is 0 Å². The molecule has 1 aromatic rings. The van der Waals surface area contributed by atoms with Crippen molar-refractivity contribution in [1.82, 2.24) is 5.32 Å². The average Bonchev–Trinajstić information content (AvgIpc) is 2.21. The molecule has 3 heteroatoms. The minimum absolute atomic E-state index is 0.262. The van der Waals surface area contributed by atoms with Crippen LogP contribution in [0.15, 0.2) is 24.3 Å². The number of nitrogens with one attached hydrogen (secondary N) is 1. The SMILES string of the molecule is CNCC=Cc1cc(OC)ccc1O. The van der Waals surface area contributed by atoms with E-state index in [9.17, 15) is 5.11 Å². The summed E-state index contributed by atoms with van der Waals surface area (Å²) in [5.41, 5.74) is 0.764. The van der Waals surface area contributed by atoms with Gasteiger partial charge in [-0.05, 0) is 25.2 Å². The largest absolute Gasteiger partial charge is 0.507 e. The Hall–Kier alpha value is -1.48. The van der Waals surface area contributed by atoms with Crippen molar-refractivity contribution in [2.45, 2.75) is 0 Å². The molecule has 0 aliphatic heterocycles. The summed E-state index contributed by atoms with van der Waals surface area (Å²) in [7, 11) is 3.48. The number of hydrogen-bond acceptors (Lipinski definition) is 3. The molecule has 0 unspecified atom stereocenters. The summed E-state index contributed by atoms with van der Waals surface area (Å²) in [6, 6.07) is 5.14. The molecule has 76 valence electrons. The zero-order valence-electron chi connectivity index (χ0n) is 8.45. The van der Waals surface area contributed by atoms with Crippen molar-refractivity contribution in [2.24, 2.45) is 0 Å². The molecule has 0 aliphatic carbocycles. The maximum Gasteiger partial charge on any atom is 0.123 e. The standard InChI is InChI=1S/C11H15NO2/c1-12-7-3-4-9-8-10(14-2)5-6-11(9)13/h3-6,8,12-13H,7H2,1-2H3. The van der Waals surface area contributed by atoms with Gasteiger partial charge in [0.25, 0.3) is 0 Å². The van der Waals surface area contributed by atoms with Gasteiger partial charge < -0.3 is 15.2 Å². The number of hydrogen-bond donors (Lipinski definition) is 2. The number of likely N-dealkylation sites (N-methyl/N-ethyl adjacent to an activating group) is 1. The van der Waals surface area contributed by atoms with E-state index in [0.717, 1.165) is 17.9 Å². The normalized spacial score (nSPS) is 10.7. The van der Waals surface area contributed by atoms with Crippen LogP contribution in [0, 0.1) is 0 Å². The Kier molecular flexibility index (Phi) is 4.01. The smallest absolute Gasteiger partial charge is 0.123 e. The zero-order chi connectivity index (χ0) is 10.4. The van der Waals surface area contributed by atoms with Gasteiger partial charge >= 0.3 is 0 Å². The maximum atomic E-state index is 9.50. The quantitative estimate of drug-likeness (QED) is 0.763. The van der Waals surface area contributed by atoms with E-state index in [0.29, 0.717) is 0 Å². The van der Waals surface area contributed by atoms with Crippen molar-refractivity contribution in [3.8, 4) is 11.5 Å². The molecule has 0 bridgehead atoms. The second-order valence-electron chi connectivity index (χ2n) is 2.88. The summed E-state index contributed by atoms with van der Waals surface area (Å²) in [5, 5.41) is 12.5. The van der Waals surface area contributed by atoms with Crippen molar-refractivity contribution in [1.29, 1.82) is 0 Å². The van der Waals surface area contributed by atoms with Gasteiger partial charge in [0, 0.05) is 12.1 Å². The molecule has 0 aliphatic rings. The maximum absolute atomic E-state index is 9.50. The first-order valence-corrected chi connectivity index (χ1v) is 4.46. The van der Waals surface area contributed by atoms with Gasteiger partial charge in [-0.3, -0.25) is 0 Å². The van der Waals surface area contributed by atoms with E-state index < -0.39 is 0 Å². The lowest BCUT2D eigenvalue weighted by Gasteiger charge is -2.03. The second kappa shape index (κ2) is 5.29. The number of phenolic OH excluding ortho intramolecular Hbond substituents is 1. The molecule has 3 nitrogen and oxygen atoms in total. The Labute approximate surface area is 84.0 Å². The van der Waals surface area contributed by atoms with Crippen LogP contribution in [-0.2, 0) is 0 Å². The van der Waals surface area contributed by atoms with E-state index in [1.165, 1.54) is 0 Å². The lowest BCUT2D eigenvalue weighted by molar-refractivity contribution is 0.412. The predicted octanol–water partition coefficient (Wildman–Crippen LogP) is 1.63. The van der Waals surface area contributed by atoms with Crippen molar-refractivity contribution in [2.75, 3.05) is 20.7 Å². The monoisotopic (exact) mass is 193 g/mol. The fourth-order valence-electron chi connectivity index (χ4n) is 1.10. The lowest BCUT2D eigenvalue weighted by atomic mass is 10.2. The van der Waals surface area contributed by atoms with E-state index in [4.69, 9.17) is 4.74 Å². The molecule has 0 spiro atoms. The van der Waals surface area contributed by atoms with Gasteiger partial charge in [-0.1, -0.05) is 12.2 Å². The third-order valence-electron chi connectivity index (χ3n) is 1.85. The van der Waals surface area contributed by atoms with E-state index in [-0.39, 0.29) is 5.75 Å². The van der Waals surface area contributed by atoms with Crippen LogP contribution in [0.25, 0.3) is 6.08 Å². The highest BCUT2D eigenvalue weighted by molar-refractivity contribution is 5.59. The summed E-state index contributed by atoms with van der Waals surface area (Å²) in [6.07, 6.45) is 3.79. The van der Waals surface area contributed by atoms with E-state index in [1.54, 1.807) is 25.3 Å². The highest BCUT2D eigenvalue weighted by atomic mass is 16.5. The van der Waals surface area contributed by atoms with Crippen LogP contribution >= 0.6 is 0 Å². The average molecular weight is 193 g/mol. The Morgan fingerprint density at radius 1 is 1.50 bits per heavy atom. The van der Waals surface area contributed by atoms with Gasteiger partial charge in [0.1, 0.15) is 11.5 Å². The Morgan fingerprint density at radius 2 is 2.29 bits per heavy atom. The van der Waals surface area contributed by atoms with Crippen molar-refractivity contribution < 1.29 is 9.84 Å². The van der Waals surface area contributed by atoms with Crippen LogP contribution in [0.1, 0.15) is 5.56 Å². The highest BCUT2D eigenvalue weighted by Gasteiger charge is 1.98. The fraction of sp³-hybridized carbons (Fsp3) is 0.273. The molecule has 0 amide bonds. The van der Waals surface area contributed by atoms with Gasteiger partial charge in [-0.15, -0.1) is 0 Å². The van der Waals surface area contributed by atoms with Crippen LogP contribution in [0.4, 0.5) is 0 Å². The van der Waals surface area contributed by atoms with Gasteiger partial charge in [0.15, 0.2) is 0 Å². The predicted molar refractivity (Wildman–Crippen MR) is 57.6 cm³/mol. The fourth-order valence-corrected chi connectivity index (χ4v) is 1.10. The molecule has 0 saturated heterocycles. The van der Waals surface area contributed by atoms with E-state index >= 15 is 0 Å². The summed E-state index contributed by atoms with van der Waals surface area (Å²) >= 11 is 0. The van der Waals surface area contributed by atoms with Crippen LogP contribution in [0.5, 0.6) is 11.5 Å². The molecule has 0 radical (unpaired) electrons. The molecule has 0 heterocycles. The molecule has 1 rings (SSSR count). The van der Waals surface area contributed by atoms with E-state index in [1.807, 2.05) is 19.2 Å². The molecule has 0 aromatic heterocycles. The third-order valence-corrected chi connectivity index (χ3v) is 1.85. The molecule has 1 aromatic carbocycles. The summed E-state index contributed by atoms with van der Waals surface area (Å²) in [4.78, 5) is 0. The molecule has 0 saturated carbocycles. The van der Waals surface area contributed by atoms with Crippen LogP contribution in [0.2, 0.25) is 0 Å². The molecule has 0 fully saturated rings. The minimum Gasteiger partial charge on any atom is -0.507 e. The summed E-state index contributed by atoms with van der Waals surface area (Å²) in [5.74, 6) is 1.00. The minimum atomic E-state index is 0.262. The summed E-state index contributed by atoms with van der Waals surface area (Å²) < 4.78 is 5.06. The van der Waals surface area contributed by atoms with Crippen LogP contribution in [-0.4, -0.2) is 25.8 Å². The number of phenols is 1. The number of benzene rings is 1. The van der Waals surface area contributed by atoms with Crippen molar-refractivity contribution >= 4 is 6.08 Å². The topological polar surface area (TPSA) is 41.5 Å². The number of methoxy groups -OCH3 is 1. The highest BCUT2D eigenvalue weighted by Crippen LogP contribution is 2.23.